The topological polar surface area (TPSA) is 61.2 Å². The average molecular weight is 475 g/mol. The van der Waals surface area contributed by atoms with Gasteiger partial charge in [0.2, 0.25) is 0 Å². The maximum atomic E-state index is 13.6. The zero-order valence-corrected chi connectivity index (χ0v) is 19.3. The van der Waals surface area contributed by atoms with Gasteiger partial charge < -0.3 is 4.74 Å². The second-order valence-electron chi connectivity index (χ2n) is 7.52. The Bertz CT molecular complexity index is 1640. The third kappa shape index (κ3) is 3.48. The third-order valence-corrected chi connectivity index (χ3v) is 7.64. The summed E-state index contributed by atoms with van der Waals surface area (Å²) in [6, 6.07) is 23.1. The van der Waals surface area contributed by atoms with E-state index in [1.807, 2.05) is 36.4 Å². The van der Waals surface area contributed by atoms with Crippen LogP contribution in [0.4, 0.5) is 0 Å². The molecule has 33 heavy (non-hydrogen) atoms. The highest BCUT2D eigenvalue weighted by Crippen LogP contribution is 2.37. The molecule has 164 valence electrons. The number of benzene rings is 3. The minimum Gasteiger partial charge on any atom is -0.497 e. The first-order chi connectivity index (χ1) is 15.9. The van der Waals surface area contributed by atoms with Crippen molar-refractivity contribution in [2.45, 2.75) is 4.90 Å². The Morgan fingerprint density at radius 3 is 2.48 bits per heavy atom. The predicted octanol–water partition coefficient (Wildman–Crippen LogP) is 6.15. The van der Waals surface area contributed by atoms with Crippen LogP contribution in [0.3, 0.4) is 0 Å². The number of nitrogens with zero attached hydrogens (tertiary/aromatic N) is 2. The van der Waals surface area contributed by atoms with Crippen LogP contribution in [0, 0.1) is 0 Å². The molecule has 0 bridgehead atoms. The fraction of sp³-hybridized carbons (Fsp3) is 0.0385. The average Bonchev–Trinajstić information content (AvgIpc) is 3.19. The Morgan fingerprint density at radius 1 is 0.970 bits per heavy atom. The Kier molecular flexibility index (Phi) is 5.19. The van der Waals surface area contributed by atoms with Crippen LogP contribution in [0.5, 0.6) is 5.75 Å². The van der Waals surface area contributed by atoms with Crippen molar-refractivity contribution in [2.24, 2.45) is 0 Å². The van der Waals surface area contributed by atoms with Crippen molar-refractivity contribution >= 4 is 49.1 Å². The highest BCUT2D eigenvalue weighted by Gasteiger charge is 2.25. The molecule has 0 saturated heterocycles. The molecule has 0 radical (unpaired) electrons. The molecule has 5 nitrogen and oxygen atoms in total. The lowest BCUT2D eigenvalue weighted by Crippen LogP contribution is -2.13. The molecule has 0 aliphatic rings. The summed E-state index contributed by atoms with van der Waals surface area (Å²) in [6.07, 6.45) is 1.51. The summed E-state index contributed by atoms with van der Waals surface area (Å²) in [5, 5.41) is 1.69. The number of rotatable bonds is 5. The third-order valence-electron chi connectivity index (χ3n) is 5.61. The van der Waals surface area contributed by atoms with Crippen molar-refractivity contribution in [1.29, 1.82) is 0 Å². The molecule has 0 spiro atoms. The lowest BCUT2D eigenvalue weighted by atomic mass is 9.98. The van der Waals surface area contributed by atoms with Gasteiger partial charge in [0, 0.05) is 17.0 Å². The number of ether oxygens (including phenoxy) is 1. The summed E-state index contributed by atoms with van der Waals surface area (Å²) in [5.74, 6) is 0.729. The molecule has 0 aliphatic carbocycles. The number of pyridine rings is 1. The second-order valence-corrected chi connectivity index (χ2v) is 9.71. The van der Waals surface area contributed by atoms with Crippen molar-refractivity contribution < 1.29 is 13.2 Å². The van der Waals surface area contributed by atoms with Crippen LogP contribution in [-0.2, 0) is 10.0 Å². The van der Waals surface area contributed by atoms with Gasteiger partial charge in [-0.05, 0) is 59.2 Å². The number of hydrogen-bond acceptors (Lipinski definition) is 4. The highest BCUT2D eigenvalue weighted by molar-refractivity contribution is 7.90. The molecule has 0 fully saturated rings. The molecule has 0 atom stereocenters. The molecule has 0 aliphatic heterocycles. The van der Waals surface area contributed by atoms with Gasteiger partial charge in [0.1, 0.15) is 5.75 Å². The van der Waals surface area contributed by atoms with E-state index in [0.29, 0.717) is 21.3 Å². The number of fused-ring (bicyclic) bond motifs is 3. The van der Waals surface area contributed by atoms with Gasteiger partial charge in [-0.2, -0.15) is 0 Å². The number of halogens is 1. The molecule has 2 aromatic heterocycles. The van der Waals surface area contributed by atoms with E-state index in [4.69, 9.17) is 16.3 Å². The van der Waals surface area contributed by atoms with Crippen LogP contribution >= 0.6 is 11.6 Å². The fourth-order valence-electron chi connectivity index (χ4n) is 3.96. The lowest BCUT2D eigenvalue weighted by Gasteiger charge is -2.10. The molecule has 3 aromatic carbocycles. The summed E-state index contributed by atoms with van der Waals surface area (Å²) in [7, 11) is -2.29. The van der Waals surface area contributed by atoms with E-state index >= 15 is 0 Å². The number of hydrogen-bond donors (Lipinski definition) is 0. The minimum absolute atomic E-state index is 0.176. The second kappa shape index (κ2) is 8.06. The van der Waals surface area contributed by atoms with Crippen LogP contribution < -0.4 is 4.74 Å². The van der Waals surface area contributed by atoms with E-state index in [1.165, 1.54) is 10.2 Å². The molecule has 0 saturated carbocycles. The Balaban J connectivity index is 1.77. The van der Waals surface area contributed by atoms with Gasteiger partial charge in [0.15, 0.2) is 5.65 Å². The van der Waals surface area contributed by atoms with Crippen LogP contribution in [0.2, 0.25) is 5.02 Å². The highest BCUT2D eigenvalue weighted by atomic mass is 35.5. The molecule has 0 unspecified atom stereocenters. The first kappa shape index (κ1) is 21.2. The molecule has 0 N–H and O–H groups in total. The monoisotopic (exact) mass is 474 g/mol. The Hall–Kier alpha value is -3.61. The van der Waals surface area contributed by atoms with Gasteiger partial charge in [0.05, 0.1) is 22.5 Å². The Labute approximate surface area is 196 Å². The van der Waals surface area contributed by atoms with Gasteiger partial charge >= 0.3 is 0 Å². The van der Waals surface area contributed by atoms with Gasteiger partial charge in [-0.25, -0.2) is 17.4 Å². The van der Waals surface area contributed by atoms with Gasteiger partial charge in [-0.15, -0.1) is 0 Å². The zero-order chi connectivity index (χ0) is 23.2. The normalized spacial score (nSPS) is 11.7. The van der Waals surface area contributed by atoms with Gasteiger partial charge in [0.25, 0.3) is 10.0 Å². The van der Waals surface area contributed by atoms with Crippen molar-refractivity contribution in [3.63, 3.8) is 0 Å². The van der Waals surface area contributed by atoms with E-state index in [0.717, 1.165) is 22.4 Å². The number of aromatic nitrogens is 2. The quantitative estimate of drug-likeness (QED) is 0.306. The first-order valence-electron chi connectivity index (χ1n) is 10.1. The van der Waals surface area contributed by atoms with Crippen LogP contribution in [0.25, 0.3) is 27.5 Å². The van der Waals surface area contributed by atoms with E-state index in [9.17, 15) is 8.42 Å². The maximum Gasteiger partial charge on any atom is 0.269 e. The van der Waals surface area contributed by atoms with Crippen molar-refractivity contribution in [3.8, 4) is 5.75 Å². The Morgan fingerprint density at radius 2 is 1.73 bits per heavy atom. The van der Waals surface area contributed by atoms with E-state index in [2.05, 4.69) is 11.6 Å². The fourth-order valence-corrected chi connectivity index (χ4v) is 5.70. The summed E-state index contributed by atoms with van der Waals surface area (Å²) in [5.41, 5.74) is 3.30. The summed E-state index contributed by atoms with van der Waals surface area (Å²) >= 11 is 6.55. The van der Waals surface area contributed by atoms with E-state index < -0.39 is 10.0 Å². The summed E-state index contributed by atoms with van der Waals surface area (Å²) < 4.78 is 33.8. The molecular weight excluding hydrogens is 456 g/mol. The largest absolute Gasteiger partial charge is 0.497 e. The molecule has 2 heterocycles. The van der Waals surface area contributed by atoms with Crippen LogP contribution in [0.15, 0.2) is 96.5 Å². The van der Waals surface area contributed by atoms with Crippen molar-refractivity contribution in [2.75, 3.05) is 7.11 Å². The maximum absolute atomic E-state index is 13.6. The molecule has 0 amide bonds. The SMILES string of the molecule is C=C(c1cccc(OC)c1)c1ccc2c(c1)c1c(Cl)ccnc1n2S(=O)(=O)c1ccccc1. The lowest BCUT2D eigenvalue weighted by molar-refractivity contribution is 0.414. The molecule has 5 rings (SSSR count). The number of methoxy groups -OCH3 is 1. The van der Waals surface area contributed by atoms with E-state index in [1.54, 1.807) is 49.6 Å². The van der Waals surface area contributed by atoms with Gasteiger partial charge in [-0.1, -0.05) is 54.6 Å². The first-order valence-corrected chi connectivity index (χ1v) is 12.0. The predicted molar refractivity (Wildman–Crippen MR) is 132 cm³/mol. The summed E-state index contributed by atoms with van der Waals surface area (Å²) in [4.78, 5) is 4.56. The van der Waals surface area contributed by atoms with Crippen molar-refractivity contribution in [3.05, 3.63) is 108 Å². The minimum atomic E-state index is -3.90. The molecule has 5 aromatic rings. The standard InChI is InChI=1S/C26H19ClN2O3S/c1-17(18-7-6-8-20(15-18)32-2)19-11-12-24-22(16-19)25-23(27)13-14-28-26(25)29(24)33(30,31)21-9-4-3-5-10-21/h3-16H,1H2,2H3. The summed E-state index contributed by atoms with van der Waals surface area (Å²) in [6.45, 7) is 4.25. The smallest absolute Gasteiger partial charge is 0.269 e. The van der Waals surface area contributed by atoms with Gasteiger partial charge in [-0.3, -0.25) is 0 Å². The molecule has 7 heteroatoms. The van der Waals surface area contributed by atoms with E-state index in [-0.39, 0.29) is 10.5 Å². The van der Waals surface area contributed by atoms with Crippen molar-refractivity contribution in [1.82, 2.24) is 8.96 Å². The van der Waals surface area contributed by atoms with Crippen LogP contribution in [-0.4, -0.2) is 24.5 Å². The van der Waals surface area contributed by atoms with Crippen LogP contribution in [0.1, 0.15) is 11.1 Å². The molecular formula is C26H19ClN2O3S. The zero-order valence-electron chi connectivity index (χ0n) is 17.7.